The Kier molecular flexibility index (Phi) is 1.33. The smallest absolute Gasteiger partial charge is 0.201 e. The molecular weight excluding hydrogens is 133 g/mol. The van der Waals surface area contributed by atoms with E-state index in [1.165, 1.54) is 6.07 Å². The van der Waals surface area contributed by atoms with E-state index < -0.39 is 17.7 Å². The maximum absolute atomic E-state index is 11.8. The van der Waals surface area contributed by atoms with Crippen molar-refractivity contribution in [3.8, 4) is 0 Å². The molecule has 0 atom stereocenters. The summed E-state index contributed by atoms with van der Waals surface area (Å²) >= 11 is 0. The van der Waals surface area contributed by atoms with Crippen molar-refractivity contribution in [2.45, 2.75) is 0 Å². The van der Waals surface area contributed by atoms with Gasteiger partial charge in [0.1, 0.15) is 0 Å². The van der Waals surface area contributed by atoms with E-state index >= 15 is 0 Å². The molecule has 1 aromatic rings. The second kappa shape index (κ2) is 2.00. The van der Waals surface area contributed by atoms with Gasteiger partial charge in [0.25, 0.3) is 5.95 Å². The summed E-state index contributed by atoms with van der Waals surface area (Å²) in [5.41, 5.74) is 0. The normalized spacial score (nSPS) is 9.67. The van der Waals surface area contributed by atoms with Crippen LogP contribution in [0, 0.1) is 23.8 Å². The number of halogens is 3. The summed E-state index contributed by atoms with van der Waals surface area (Å²) < 4.78 is 35.3. The van der Waals surface area contributed by atoms with E-state index in [0.717, 1.165) is 0 Å². The van der Waals surface area contributed by atoms with Gasteiger partial charge in [0.2, 0.25) is 5.95 Å². The van der Waals surface area contributed by atoms with Crippen LogP contribution in [0.1, 0.15) is 0 Å². The molecule has 0 unspecified atom stereocenters. The zero-order chi connectivity index (χ0) is 6.85. The van der Waals surface area contributed by atoms with Gasteiger partial charge in [0.15, 0.2) is 5.82 Å². The molecule has 1 radical (unpaired) electrons. The highest BCUT2D eigenvalue weighted by atomic mass is 19.2. The highest BCUT2D eigenvalue weighted by Crippen LogP contribution is 1.98. The average molecular weight is 133 g/mol. The third-order valence-electron chi connectivity index (χ3n) is 0.620. The second-order valence-electron chi connectivity index (χ2n) is 1.22. The summed E-state index contributed by atoms with van der Waals surface area (Å²) in [6, 6.07) is 1.36. The Morgan fingerprint density at radius 1 is 1.11 bits per heavy atom. The van der Waals surface area contributed by atoms with Crippen molar-refractivity contribution in [2.24, 2.45) is 0 Å². The molecule has 0 saturated carbocycles. The minimum absolute atomic E-state index is 1.26. The average Bonchev–Trinajstić information content (AvgIpc) is 1.80. The summed E-state index contributed by atoms with van der Waals surface area (Å²) in [7, 11) is 0. The molecule has 47 valence electrons. The van der Waals surface area contributed by atoms with Crippen LogP contribution in [0.4, 0.5) is 13.2 Å². The monoisotopic (exact) mass is 133 g/mol. The highest BCUT2D eigenvalue weighted by Gasteiger charge is 2.04. The fraction of sp³-hybridized carbons (Fsp3) is 0. The molecule has 2 nitrogen and oxygen atoms in total. The zero-order valence-electron chi connectivity index (χ0n) is 4.03. The fourth-order valence-electron chi connectivity index (χ4n) is 0.299. The molecule has 0 aliphatic carbocycles. The molecule has 0 fully saturated rings. The van der Waals surface area contributed by atoms with Gasteiger partial charge in [0, 0.05) is 0 Å². The molecule has 9 heavy (non-hydrogen) atoms. The van der Waals surface area contributed by atoms with Gasteiger partial charge in [-0.25, -0.2) is 4.39 Å². The Balaban J connectivity index is 3.17. The zero-order valence-corrected chi connectivity index (χ0v) is 4.03. The van der Waals surface area contributed by atoms with Crippen molar-refractivity contribution < 1.29 is 13.2 Å². The van der Waals surface area contributed by atoms with E-state index in [2.05, 4.69) is 10.2 Å². The quantitative estimate of drug-likeness (QED) is 0.520. The number of aromatic nitrogens is 2. The highest BCUT2D eigenvalue weighted by molar-refractivity contribution is 4.88. The van der Waals surface area contributed by atoms with Crippen LogP contribution in [-0.2, 0) is 0 Å². The van der Waals surface area contributed by atoms with Crippen LogP contribution in [0.25, 0.3) is 0 Å². The van der Waals surface area contributed by atoms with Crippen LogP contribution < -0.4 is 0 Å². The lowest BCUT2D eigenvalue weighted by Gasteiger charge is -1.85. The molecular formula is C4F3N2. The molecule has 0 bridgehead atoms. The third-order valence-corrected chi connectivity index (χ3v) is 0.620. The van der Waals surface area contributed by atoms with Crippen LogP contribution in [-0.4, -0.2) is 10.2 Å². The Morgan fingerprint density at radius 2 is 1.78 bits per heavy atom. The van der Waals surface area contributed by atoms with Crippen LogP contribution in [0.3, 0.4) is 0 Å². The number of nitrogens with zero attached hydrogens (tertiary/aromatic N) is 2. The Hall–Kier alpha value is -1.13. The lowest BCUT2D eigenvalue weighted by molar-refractivity contribution is 0.432. The minimum atomic E-state index is -1.46. The van der Waals surface area contributed by atoms with Gasteiger partial charge in [-0.05, 0) is 0 Å². The lowest BCUT2D eigenvalue weighted by Crippen LogP contribution is -1.95. The van der Waals surface area contributed by atoms with E-state index in [9.17, 15) is 13.2 Å². The molecule has 0 amide bonds. The number of hydrogen-bond donors (Lipinski definition) is 0. The van der Waals surface area contributed by atoms with E-state index in [4.69, 9.17) is 0 Å². The second-order valence-corrected chi connectivity index (χ2v) is 1.22. The van der Waals surface area contributed by atoms with Crippen molar-refractivity contribution in [3.05, 3.63) is 23.8 Å². The molecule has 0 aliphatic heterocycles. The maximum Gasteiger partial charge on any atom is 0.269 e. The van der Waals surface area contributed by atoms with Gasteiger partial charge in [-0.1, -0.05) is 0 Å². The van der Waals surface area contributed by atoms with Crippen LogP contribution in [0.15, 0.2) is 0 Å². The summed E-state index contributed by atoms with van der Waals surface area (Å²) in [5, 5.41) is 5.03. The number of hydrogen-bond acceptors (Lipinski definition) is 2. The van der Waals surface area contributed by atoms with Crippen molar-refractivity contribution in [1.29, 1.82) is 0 Å². The minimum Gasteiger partial charge on any atom is -0.201 e. The molecule has 1 aromatic heterocycles. The van der Waals surface area contributed by atoms with Crippen molar-refractivity contribution in [2.75, 3.05) is 0 Å². The Bertz CT molecular complexity index is 225. The molecule has 5 heteroatoms. The maximum atomic E-state index is 11.8. The van der Waals surface area contributed by atoms with Gasteiger partial charge in [-0.3, -0.25) is 0 Å². The topological polar surface area (TPSA) is 25.8 Å². The predicted molar refractivity (Wildman–Crippen MR) is 20.7 cm³/mol. The Labute approximate surface area is 48.3 Å². The summed E-state index contributed by atoms with van der Waals surface area (Å²) in [6.45, 7) is 0. The largest absolute Gasteiger partial charge is 0.269 e. The SMILES string of the molecule is Fc1[c]c(F)c(F)nn1. The van der Waals surface area contributed by atoms with Gasteiger partial charge >= 0.3 is 0 Å². The van der Waals surface area contributed by atoms with Gasteiger partial charge in [-0.2, -0.15) is 8.78 Å². The first kappa shape index (κ1) is 6.00. The Morgan fingerprint density at radius 3 is 2.22 bits per heavy atom. The first-order valence-electron chi connectivity index (χ1n) is 1.96. The summed E-state index contributed by atoms with van der Waals surface area (Å²) in [4.78, 5) is 0. The van der Waals surface area contributed by atoms with Crippen LogP contribution in [0.2, 0.25) is 0 Å². The van der Waals surface area contributed by atoms with Gasteiger partial charge < -0.3 is 0 Å². The van der Waals surface area contributed by atoms with Gasteiger partial charge in [-0.15, -0.1) is 10.2 Å². The molecule has 0 saturated heterocycles. The summed E-state index contributed by atoms with van der Waals surface area (Å²) in [6.07, 6.45) is 0. The fourth-order valence-corrected chi connectivity index (χ4v) is 0.299. The molecule has 0 aromatic carbocycles. The number of rotatable bonds is 0. The third kappa shape index (κ3) is 1.16. The van der Waals surface area contributed by atoms with E-state index in [0.29, 0.717) is 0 Å². The van der Waals surface area contributed by atoms with Crippen molar-refractivity contribution in [1.82, 2.24) is 10.2 Å². The van der Waals surface area contributed by atoms with Crippen LogP contribution in [0.5, 0.6) is 0 Å². The van der Waals surface area contributed by atoms with Crippen molar-refractivity contribution >= 4 is 0 Å². The van der Waals surface area contributed by atoms with Crippen molar-refractivity contribution in [3.63, 3.8) is 0 Å². The first-order valence-corrected chi connectivity index (χ1v) is 1.96. The first-order chi connectivity index (χ1) is 4.20. The standard InChI is InChI=1S/C4F3N2/c5-2-1-3(6)8-9-4(2)7. The van der Waals surface area contributed by atoms with E-state index in [1.807, 2.05) is 0 Å². The molecule has 0 N–H and O–H groups in total. The van der Waals surface area contributed by atoms with E-state index in [-0.39, 0.29) is 0 Å². The summed E-state index contributed by atoms with van der Waals surface area (Å²) in [5.74, 6) is -4.16. The molecule has 0 aliphatic rings. The molecule has 0 spiro atoms. The predicted octanol–water partition coefficient (Wildman–Crippen LogP) is 0.694. The van der Waals surface area contributed by atoms with E-state index in [1.54, 1.807) is 0 Å². The molecule has 1 rings (SSSR count). The van der Waals surface area contributed by atoms with Gasteiger partial charge in [0.05, 0.1) is 6.07 Å². The molecule has 1 heterocycles. The van der Waals surface area contributed by atoms with Crippen LogP contribution >= 0.6 is 0 Å². The lowest BCUT2D eigenvalue weighted by atomic mass is 10.5.